The number of carbonyl (C=O) groups excluding carboxylic acids is 2. The molecule has 142 valence electrons. The summed E-state index contributed by atoms with van der Waals surface area (Å²) in [6.07, 6.45) is 6.68. The highest BCUT2D eigenvalue weighted by molar-refractivity contribution is 5.92. The molecule has 1 saturated heterocycles. The van der Waals surface area contributed by atoms with Gasteiger partial charge in [-0.15, -0.1) is 0 Å². The average molecular weight is 357 g/mol. The van der Waals surface area contributed by atoms with Crippen molar-refractivity contribution in [2.24, 2.45) is 17.8 Å². The van der Waals surface area contributed by atoms with E-state index in [1.54, 1.807) is 0 Å². The third-order valence-corrected chi connectivity index (χ3v) is 6.05. The van der Waals surface area contributed by atoms with Crippen molar-refractivity contribution in [1.29, 1.82) is 0 Å². The minimum atomic E-state index is 0.0326. The summed E-state index contributed by atoms with van der Waals surface area (Å²) in [6.45, 7) is 6.18. The maximum atomic E-state index is 12.8. The van der Waals surface area contributed by atoms with E-state index >= 15 is 0 Å². The molecule has 2 fully saturated rings. The van der Waals surface area contributed by atoms with Crippen LogP contribution in [0, 0.1) is 17.8 Å². The first-order chi connectivity index (χ1) is 12.6. The molecule has 3 rings (SSSR count). The number of hydrogen-bond donors (Lipinski definition) is 1. The Balaban J connectivity index is 1.48. The van der Waals surface area contributed by atoms with Crippen LogP contribution in [0.4, 0.5) is 5.69 Å². The van der Waals surface area contributed by atoms with Crippen LogP contribution in [-0.2, 0) is 16.0 Å². The molecule has 26 heavy (non-hydrogen) atoms. The second-order valence-electron chi connectivity index (χ2n) is 8.12. The van der Waals surface area contributed by atoms with E-state index in [9.17, 15) is 9.59 Å². The molecule has 4 heteroatoms. The summed E-state index contributed by atoms with van der Waals surface area (Å²) >= 11 is 0. The quantitative estimate of drug-likeness (QED) is 0.877. The van der Waals surface area contributed by atoms with Crippen LogP contribution < -0.4 is 5.32 Å². The molecular formula is C22H32N2O2. The highest BCUT2D eigenvalue weighted by Crippen LogP contribution is 2.32. The third-order valence-electron chi connectivity index (χ3n) is 6.05. The fourth-order valence-corrected chi connectivity index (χ4v) is 4.32. The highest BCUT2D eigenvalue weighted by Gasteiger charge is 2.33. The normalized spacial score (nSPS) is 26.4. The lowest BCUT2D eigenvalue weighted by atomic mass is 9.80. The lowest BCUT2D eigenvalue weighted by Gasteiger charge is -2.35. The van der Waals surface area contributed by atoms with Gasteiger partial charge in [0.05, 0.1) is 0 Å². The van der Waals surface area contributed by atoms with Crippen LogP contribution in [-0.4, -0.2) is 29.8 Å². The van der Waals surface area contributed by atoms with Gasteiger partial charge in [-0.1, -0.05) is 26.0 Å². The number of nitrogens with one attached hydrogen (secondary N) is 1. The number of hydrogen-bond acceptors (Lipinski definition) is 2. The molecule has 1 N–H and O–H groups in total. The molecule has 4 nitrogen and oxygen atoms in total. The highest BCUT2D eigenvalue weighted by atomic mass is 16.2. The average Bonchev–Trinajstić information content (AvgIpc) is 2.68. The predicted molar refractivity (Wildman–Crippen MR) is 105 cm³/mol. The Morgan fingerprint density at radius 2 is 1.69 bits per heavy atom. The monoisotopic (exact) mass is 356 g/mol. The van der Waals surface area contributed by atoms with Crippen molar-refractivity contribution in [2.45, 2.75) is 58.8 Å². The molecular weight excluding hydrogens is 324 g/mol. The van der Waals surface area contributed by atoms with Crippen molar-refractivity contribution >= 4 is 17.5 Å². The van der Waals surface area contributed by atoms with E-state index in [1.807, 2.05) is 12.1 Å². The minimum absolute atomic E-state index is 0.0326. The molecule has 1 unspecified atom stereocenters. The standard InChI is InChI=1S/C22H32N2O2/c1-3-17-6-12-20(13-7-17)23-21(25)18-8-10-19(11-9-18)22(26)24-14-4-5-16(2)15-24/h6-7,12-13,16,18-19H,3-5,8-11,14-15H2,1-2H3,(H,23,25). The molecule has 0 bridgehead atoms. The second kappa shape index (κ2) is 8.70. The number of aryl methyl sites for hydroxylation is 1. The predicted octanol–water partition coefficient (Wildman–Crippen LogP) is 4.25. The zero-order valence-corrected chi connectivity index (χ0v) is 16.2. The fraction of sp³-hybridized carbons (Fsp3) is 0.636. The zero-order chi connectivity index (χ0) is 18.5. The van der Waals surface area contributed by atoms with Gasteiger partial charge in [0.2, 0.25) is 11.8 Å². The summed E-state index contributed by atoms with van der Waals surface area (Å²) in [5.41, 5.74) is 2.14. The molecule has 0 aromatic heterocycles. The van der Waals surface area contributed by atoms with Gasteiger partial charge < -0.3 is 10.2 Å². The van der Waals surface area contributed by atoms with Crippen LogP contribution in [0.25, 0.3) is 0 Å². The number of anilines is 1. The van der Waals surface area contributed by atoms with Crippen molar-refractivity contribution in [3.8, 4) is 0 Å². The Morgan fingerprint density at radius 3 is 2.31 bits per heavy atom. The molecule has 1 atom stereocenters. The van der Waals surface area contributed by atoms with Gasteiger partial charge in [-0.3, -0.25) is 9.59 Å². The first-order valence-electron chi connectivity index (χ1n) is 10.3. The van der Waals surface area contributed by atoms with Gasteiger partial charge in [0, 0.05) is 30.6 Å². The van der Waals surface area contributed by atoms with Crippen molar-refractivity contribution in [2.75, 3.05) is 18.4 Å². The number of likely N-dealkylation sites (tertiary alicyclic amines) is 1. The Kier molecular flexibility index (Phi) is 6.33. The summed E-state index contributed by atoms with van der Waals surface area (Å²) in [5, 5.41) is 3.04. The van der Waals surface area contributed by atoms with E-state index in [0.717, 1.165) is 57.3 Å². The summed E-state index contributed by atoms with van der Waals surface area (Å²) in [6, 6.07) is 8.07. The van der Waals surface area contributed by atoms with Gasteiger partial charge >= 0.3 is 0 Å². The summed E-state index contributed by atoms with van der Waals surface area (Å²) < 4.78 is 0. The molecule has 1 aliphatic heterocycles. The Hall–Kier alpha value is -1.84. The van der Waals surface area contributed by atoms with E-state index in [4.69, 9.17) is 0 Å². The third kappa shape index (κ3) is 4.66. The van der Waals surface area contributed by atoms with Crippen molar-refractivity contribution < 1.29 is 9.59 Å². The van der Waals surface area contributed by atoms with Crippen LogP contribution in [0.2, 0.25) is 0 Å². The molecule has 1 aliphatic carbocycles. The molecule has 1 saturated carbocycles. The second-order valence-corrected chi connectivity index (χ2v) is 8.12. The van der Waals surface area contributed by atoms with Crippen LogP contribution in [0.5, 0.6) is 0 Å². The summed E-state index contributed by atoms with van der Waals surface area (Å²) in [7, 11) is 0. The largest absolute Gasteiger partial charge is 0.342 e. The number of carbonyl (C=O) groups is 2. The summed E-state index contributed by atoms with van der Waals surface area (Å²) in [4.78, 5) is 27.4. The van der Waals surface area contributed by atoms with Gasteiger partial charge in [0.1, 0.15) is 0 Å². The molecule has 1 aromatic rings. The van der Waals surface area contributed by atoms with Crippen LogP contribution >= 0.6 is 0 Å². The van der Waals surface area contributed by atoms with Gasteiger partial charge in [-0.2, -0.15) is 0 Å². The SMILES string of the molecule is CCc1ccc(NC(=O)C2CCC(C(=O)N3CCCC(C)C3)CC2)cc1. The number of piperidine rings is 1. The smallest absolute Gasteiger partial charge is 0.227 e. The minimum Gasteiger partial charge on any atom is -0.342 e. The first kappa shape index (κ1) is 18.9. The Bertz CT molecular complexity index is 618. The molecule has 1 heterocycles. The van der Waals surface area contributed by atoms with Gasteiger partial charge in [0.15, 0.2) is 0 Å². The van der Waals surface area contributed by atoms with Gasteiger partial charge in [-0.05, 0) is 68.6 Å². The van der Waals surface area contributed by atoms with Crippen molar-refractivity contribution in [3.05, 3.63) is 29.8 Å². The molecule has 2 amide bonds. The number of amides is 2. The maximum absolute atomic E-state index is 12.8. The van der Waals surface area contributed by atoms with Gasteiger partial charge in [-0.25, -0.2) is 0 Å². The lowest BCUT2D eigenvalue weighted by Crippen LogP contribution is -2.43. The van der Waals surface area contributed by atoms with Crippen molar-refractivity contribution in [3.63, 3.8) is 0 Å². The molecule has 2 aliphatic rings. The number of rotatable bonds is 4. The number of benzene rings is 1. The first-order valence-corrected chi connectivity index (χ1v) is 10.3. The van der Waals surface area contributed by atoms with E-state index in [0.29, 0.717) is 11.8 Å². The zero-order valence-electron chi connectivity index (χ0n) is 16.2. The van der Waals surface area contributed by atoms with Crippen LogP contribution in [0.15, 0.2) is 24.3 Å². The topological polar surface area (TPSA) is 49.4 Å². The van der Waals surface area contributed by atoms with Crippen molar-refractivity contribution in [1.82, 2.24) is 4.90 Å². The van der Waals surface area contributed by atoms with E-state index in [2.05, 4.69) is 36.2 Å². The van der Waals surface area contributed by atoms with Gasteiger partial charge in [0.25, 0.3) is 0 Å². The Morgan fingerprint density at radius 1 is 1.04 bits per heavy atom. The van der Waals surface area contributed by atoms with Crippen LogP contribution in [0.3, 0.4) is 0 Å². The van der Waals surface area contributed by atoms with E-state index < -0.39 is 0 Å². The molecule has 1 aromatic carbocycles. The van der Waals surface area contributed by atoms with E-state index in [1.165, 1.54) is 12.0 Å². The number of nitrogens with zero attached hydrogens (tertiary/aromatic N) is 1. The molecule has 0 spiro atoms. The lowest BCUT2D eigenvalue weighted by molar-refractivity contribution is -0.139. The fourth-order valence-electron chi connectivity index (χ4n) is 4.32. The Labute approximate surface area is 157 Å². The van der Waals surface area contributed by atoms with E-state index in [-0.39, 0.29) is 17.7 Å². The maximum Gasteiger partial charge on any atom is 0.227 e. The van der Waals surface area contributed by atoms with Crippen LogP contribution in [0.1, 0.15) is 57.9 Å². The molecule has 0 radical (unpaired) electrons. The summed E-state index contributed by atoms with van der Waals surface area (Å²) in [5.74, 6) is 1.20.